The van der Waals surface area contributed by atoms with E-state index in [0.717, 1.165) is 69.7 Å². The van der Waals surface area contributed by atoms with Gasteiger partial charge in [0.05, 0.1) is 12.1 Å². The lowest BCUT2D eigenvalue weighted by Gasteiger charge is -2.42. The maximum atomic E-state index is 14.2. The Morgan fingerprint density at radius 2 is 2.18 bits per heavy atom. The number of amidine groups is 1. The van der Waals surface area contributed by atoms with E-state index < -0.39 is 6.43 Å². The number of aliphatic imine (C=N–C) groups is 1. The normalized spacial score (nSPS) is 26.3. The SMILES string of the molecule is CN=CC(=CN)c1cc2c(cc1C(F)F)[N+](=C1C3=C(CCN(C)C3)N1C1CCNC1)CCC2. The largest absolute Gasteiger partial charge is 0.404 e. The molecule has 4 aliphatic rings. The quantitative estimate of drug-likeness (QED) is 0.542. The molecule has 33 heavy (non-hydrogen) atoms. The van der Waals surface area contributed by atoms with E-state index in [2.05, 4.69) is 31.7 Å². The number of hydrogen-bond donors (Lipinski definition) is 2. The highest BCUT2D eigenvalue weighted by Crippen LogP contribution is 2.41. The second kappa shape index (κ2) is 8.99. The molecule has 0 radical (unpaired) electrons. The number of hydrogen-bond acceptors (Lipinski definition) is 4. The van der Waals surface area contributed by atoms with Crippen molar-refractivity contribution in [2.24, 2.45) is 10.7 Å². The Kier molecular flexibility index (Phi) is 6.05. The van der Waals surface area contributed by atoms with Crippen LogP contribution in [0.1, 0.15) is 42.4 Å². The van der Waals surface area contributed by atoms with Crippen LogP contribution < -0.4 is 11.1 Å². The highest BCUT2D eigenvalue weighted by molar-refractivity contribution is 6.10. The maximum Gasteiger partial charge on any atom is 0.290 e. The van der Waals surface area contributed by atoms with Crippen molar-refractivity contribution in [1.82, 2.24) is 15.1 Å². The third-order valence-corrected chi connectivity index (χ3v) is 7.31. The first-order chi connectivity index (χ1) is 16.0. The number of nitrogens with one attached hydrogen (secondary N) is 1. The van der Waals surface area contributed by atoms with Crippen LogP contribution in [0.2, 0.25) is 0 Å². The predicted octanol–water partition coefficient (Wildman–Crippen LogP) is 2.88. The number of allylic oxidation sites excluding steroid dienone is 1. The van der Waals surface area contributed by atoms with Crippen molar-refractivity contribution in [3.63, 3.8) is 0 Å². The minimum Gasteiger partial charge on any atom is -0.404 e. The molecule has 0 saturated carbocycles. The van der Waals surface area contributed by atoms with Crippen molar-refractivity contribution in [2.75, 3.05) is 46.8 Å². The molecule has 5 rings (SSSR count). The lowest BCUT2D eigenvalue weighted by molar-refractivity contribution is -0.453. The second-order valence-electron chi connectivity index (χ2n) is 9.39. The van der Waals surface area contributed by atoms with Crippen LogP contribution in [-0.4, -0.2) is 79.3 Å². The first-order valence-corrected chi connectivity index (χ1v) is 11.9. The highest BCUT2D eigenvalue weighted by Gasteiger charge is 2.50. The molecular weight excluding hydrogens is 422 g/mol. The monoisotopic (exact) mass is 455 g/mol. The van der Waals surface area contributed by atoms with Gasteiger partial charge in [0.25, 0.3) is 12.3 Å². The minimum absolute atomic E-state index is 0.0150. The van der Waals surface area contributed by atoms with Crippen LogP contribution in [0.25, 0.3) is 5.57 Å². The van der Waals surface area contributed by atoms with Gasteiger partial charge < -0.3 is 16.0 Å². The number of benzene rings is 1. The van der Waals surface area contributed by atoms with Crippen LogP contribution in [0, 0.1) is 0 Å². The van der Waals surface area contributed by atoms with E-state index in [1.165, 1.54) is 23.3 Å². The average molecular weight is 456 g/mol. The van der Waals surface area contributed by atoms with E-state index >= 15 is 0 Å². The van der Waals surface area contributed by atoms with E-state index in [0.29, 0.717) is 17.2 Å². The summed E-state index contributed by atoms with van der Waals surface area (Å²) in [6.07, 6.45) is 4.35. The standard InChI is InChI=1S/C25H33F2N6/c1-29-13-17(12-28)19-10-16-4-3-8-32(23(16)11-20(19)24(26)27)25-21-15-31(2)9-6-22(21)33(25)18-5-7-30-14-18/h10-13,18,24,30H,3-9,14-15,28H2,1-2H3/q+1. The molecule has 1 aromatic carbocycles. The summed E-state index contributed by atoms with van der Waals surface area (Å²) < 4.78 is 30.8. The molecule has 0 spiro atoms. The Balaban J connectivity index is 1.67. The van der Waals surface area contributed by atoms with Crippen LogP contribution in [0.15, 0.2) is 34.6 Å². The number of rotatable bonds is 4. The van der Waals surface area contributed by atoms with Gasteiger partial charge in [-0.05, 0) is 49.7 Å². The maximum absolute atomic E-state index is 14.2. The Hall–Kier alpha value is -2.58. The molecule has 0 aliphatic carbocycles. The Morgan fingerprint density at radius 3 is 2.88 bits per heavy atom. The van der Waals surface area contributed by atoms with Crippen LogP contribution in [0.3, 0.4) is 0 Å². The van der Waals surface area contributed by atoms with E-state index in [4.69, 9.17) is 5.73 Å². The fourth-order valence-corrected chi connectivity index (χ4v) is 5.76. The zero-order valence-electron chi connectivity index (χ0n) is 19.5. The zero-order chi connectivity index (χ0) is 23.1. The molecule has 1 fully saturated rings. The minimum atomic E-state index is -2.59. The van der Waals surface area contributed by atoms with E-state index in [9.17, 15) is 8.78 Å². The first-order valence-electron chi connectivity index (χ1n) is 11.9. The van der Waals surface area contributed by atoms with Gasteiger partial charge in [-0.2, -0.15) is 0 Å². The summed E-state index contributed by atoms with van der Waals surface area (Å²) in [4.78, 5) is 8.88. The molecule has 0 amide bonds. The third-order valence-electron chi connectivity index (χ3n) is 7.31. The molecular formula is C25H33F2N6+. The average Bonchev–Trinajstić information content (AvgIpc) is 3.32. The molecule has 1 unspecified atom stereocenters. The number of nitrogens with zero attached hydrogens (tertiary/aromatic N) is 4. The van der Waals surface area contributed by atoms with E-state index in [1.807, 2.05) is 6.07 Å². The van der Waals surface area contributed by atoms with Gasteiger partial charge in [0, 0.05) is 63.1 Å². The number of nitrogens with two attached hydrogens (primary N) is 1. The number of alkyl halides is 2. The molecule has 6 nitrogen and oxygen atoms in total. The van der Waals surface area contributed by atoms with E-state index in [1.54, 1.807) is 19.3 Å². The number of likely N-dealkylation sites (N-methyl/N-ethyl adjacent to an activating group) is 1. The molecule has 8 heteroatoms. The molecule has 1 aromatic rings. The Morgan fingerprint density at radius 1 is 1.33 bits per heavy atom. The van der Waals surface area contributed by atoms with Crippen molar-refractivity contribution in [2.45, 2.75) is 38.2 Å². The van der Waals surface area contributed by atoms with E-state index in [-0.39, 0.29) is 5.56 Å². The smallest absolute Gasteiger partial charge is 0.290 e. The topological polar surface area (TPSA) is 59.9 Å². The molecule has 0 aromatic heterocycles. The van der Waals surface area contributed by atoms with Gasteiger partial charge in [0.15, 0.2) is 0 Å². The molecule has 176 valence electrons. The molecule has 4 aliphatic heterocycles. The first kappa shape index (κ1) is 22.2. The van der Waals surface area contributed by atoms with Crippen molar-refractivity contribution in [3.8, 4) is 0 Å². The summed E-state index contributed by atoms with van der Waals surface area (Å²) in [5.41, 5.74) is 11.6. The van der Waals surface area contributed by atoms with Crippen molar-refractivity contribution >= 4 is 23.3 Å². The number of halogens is 2. The molecule has 1 atom stereocenters. The Bertz CT molecular complexity index is 1060. The molecule has 4 heterocycles. The van der Waals surface area contributed by atoms with Gasteiger partial charge in [-0.25, -0.2) is 18.3 Å². The number of aryl methyl sites for hydroxylation is 1. The van der Waals surface area contributed by atoms with Gasteiger partial charge in [-0.15, -0.1) is 0 Å². The summed E-state index contributed by atoms with van der Waals surface area (Å²) in [7, 11) is 3.78. The Labute approximate surface area is 194 Å². The molecule has 3 N–H and O–H groups in total. The zero-order valence-corrected chi connectivity index (χ0v) is 19.5. The van der Waals surface area contributed by atoms with Crippen LogP contribution in [0.5, 0.6) is 0 Å². The molecule has 0 bridgehead atoms. The summed E-state index contributed by atoms with van der Waals surface area (Å²) in [5.74, 6) is 1.23. The number of fused-ring (bicyclic) bond motifs is 1. The van der Waals surface area contributed by atoms with Gasteiger partial charge >= 0.3 is 0 Å². The lowest BCUT2D eigenvalue weighted by Crippen LogP contribution is -2.57. The second-order valence-corrected chi connectivity index (χ2v) is 9.39. The van der Waals surface area contributed by atoms with Gasteiger partial charge in [-0.1, -0.05) is 0 Å². The van der Waals surface area contributed by atoms with Crippen molar-refractivity contribution in [1.29, 1.82) is 0 Å². The summed E-state index contributed by atoms with van der Waals surface area (Å²) in [5, 5.41) is 3.49. The predicted molar refractivity (Wildman–Crippen MR) is 128 cm³/mol. The van der Waals surface area contributed by atoms with Gasteiger partial charge in [0.2, 0.25) is 0 Å². The lowest BCUT2D eigenvalue weighted by atomic mass is 9.89. The van der Waals surface area contributed by atoms with Crippen LogP contribution in [0.4, 0.5) is 14.5 Å². The summed E-state index contributed by atoms with van der Waals surface area (Å²) in [6.45, 7) is 4.82. The van der Waals surface area contributed by atoms with Crippen LogP contribution in [-0.2, 0) is 6.42 Å². The molecule has 1 saturated heterocycles. The van der Waals surface area contributed by atoms with Crippen LogP contribution >= 0.6 is 0 Å². The highest BCUT2D eigenvalue weighted by atomic mass is 19.3. The van der Waals surface area contributed by atoms with Crippen molar-refractivity contribution in [3.05, 3.63) is 46.3 Å². The van der Waals surface area contributed by atoms with Crippen molar-refractivity contribution < 1.29 is 13.4 Å². The summed E-state index contributed by atoms with van der Waals surface area (Å²) in [6, 6.07) is 4.05. The third kappa shape index (κ3) is 3.79. The van der Waals surface area contributed by atoms with Gasteiger partial charge in [-0.3, -0.25) is 4.99 Å². The fraction of sp³-hybridized carbons (Fsp3) is 0.520. The fourth-order valence-electron chi connectivity index (χ4n) is 5.76. The summed E-state index contributed by atoms with van der Waals surface area (Å²) >= 11 is 0. The van der Waals surface area contributed by atoms with Gasteiger partial charge in [0.1, 0.15) is 17.4 Å².